The minimum Gasteiger partial charge on any atom is -0.308 e. The fourth-order valence-corrected chi connectivity index (χ4v) is 2.44. The first kappa shape index (κ1) is 13.1. The van der Waals surface area contributed by atoms with Crippen LogP contribution < -0.4 is 5.32 Å². The van der Waals surface area contributed by atoms with Gasteiger partial charge in [0.15, 0.2) is 0 Å². The largest absolute Gasteiger partial charge is 0.308 e. The molecule has 1 unspecified atom stereocenters. The number of rotatable bonds is 6. The highest BCUT2D eigenvalue weighted by atomic mass is 32.1. The summed E-state index contributed by atoms with van der Waals surface area (Å²) in [6, 6.07) is 2.18. The first-order valence-corrected chi connectivity index (χ1v) is 7.08. The molecule has 0 aromatic carbocycles. The summed E-state index contributed by atoms with van der Waals surface area (Å²) >= 11 is 1.69. The van der Waals surface area contributed by atoms with Crippen molar-refractivity contribution in [1.29, 1.82) is 0 Å². The minimum absolute atomic E-state index is 0.217. The van der Waals surface area contributed by atoms with Gasteiger partial charge < -0.3 is 5.32 Å². The standard InChI is InChI=1S/C13H18N4S/c1-3-5-15-13(12-4-6-14-9-16-12)7-11-8-18-10(2)17-11/h4,6,8-9,13,15H,3,5,7H2,1-2H3. The van der Waals surface area contributed by atoms with Crippen LogP contribution >= 0.6 is 11.3 Å². The molecule has 2 aromatic rings. The van der Waals surface area contributed by atoms with Crippen molar-refractivity contribution in [2.24, 2.45) is 0 Å². The number of thiazole rings is 1. The Bertz CT molecular complexity index is 469. The van der Waals surface area contributed by atoms with Gasteiger partial charge in [-0.1, -0.05) is 6.92 Å². The molecule has 0 saturated heterocycles. The molecule has 0 aliphatic heterocycles. The lowest BCUT2D eigenvalue weighted by Gasteiger charge is -2.16. The number of nitrogens with one attached hydrogen (secondary N) is 1. The van der Waals surface area contributed by atoms with Crippen molar-refractivity contribution in [3.63, 3.8) is 0 Å². The van der Waals surface area contributed by atoms with E-state index in [1.54, 1.807) is 23.9 Å². The van der Waals surface area contributed by atoms with E-state index in [-0.39, 0.29) is 6.04 Å². The fraction of sp³-hybridized carbons (Fsp3) is 0.462. The van der Waals surface area contributed by atoms with E-state index >= 15 is 0 Å². The van der Waals surface area contributed by atoms with Gasteiger partial charge in [0.25, 0.3) is 0 Å². The summed E-state index contributed by atoms with van der Waals surface area (Å²) in [6.07, 6.45) is 5.37. The third-order valence-electron chi connectivity index (χ3n) is 2.68. The van der Waals surface area contributed by atoms with Gasteiger partial charge in [0.05, 0.1) is 22.4 Å². The highest BCUT2D eigenvalue weighted by Crippen LogP contribution is 2.17. The molecule has 0 saturated carbocycles. The predicted molar refractivity (Wildman–Crippen MR) is 73.6 cm³/mol. The van der Waals surface area contributed by atoms with Crippen LogP contribution in [0.25, 0.3) is 0 Å². The molecule has 2 heterocycles. The van der Waals surface area contributed by atoms with Crippen LogP contribution in [-0.4, -0.2) is 21.5 Å². The predicted octanol–water partition coefficient (Wildman–Crippen LogP) is 2.52. The molecule has 96 valence electrons. The Hall–Kier alpha value is -1.33. The summed E-state index contributed by atoms with van der Waals surface area (Å²) < 4.78 is 0. The highest BCUT2D eigenvalue weighted by Gasteiger charge is 2.14. The van der Waals surface area contributed by atoms with Crippen LogP contribution in [0, 0.1) is 6.92 Å². The second kappa shape index (κ2) is 6.56. The van der Waals surface area contributed by atoms with Crippen LogP contribution in [0.1, 0.15) is 35.8 Å². The Morgan fingerprint density at radius 2 is 2.33 bits per heavy atom. The van der Waals surface area contributed by atoms with Crippen LogP contribution in [0.3, 0.4) is 0 Å². The zero-order chi connectivity index (χ0) is 12.8. The molecule has 0 radical (unpaired) electrons. The van der Waals surface area contributed by atoms with Crippen molar-refractivity contribution in [2.45, 2.75) is 32.7 Å². The summed E-state index contributed by atoms with van der Waals surface area (Å²) in [6.45, 7) is 5.18. The van der Waals surface area contributed by atoms with Crippen LogP contribution in [0.15, 0.2) is 24.0 Å². The van der Waals surface area contributed by atoms with Gasteiger partial charge in [-0.05, 0) is 26.0 Å². The van der Waals surface area contributed by atoms with Gasteiger partial charge in [0.2, 0.25) is 0 Å². The lowest BCUT2D eigenvalue weighted by atomic mass is 10.1. The molecule has 5 heteroatoms. The highest BCUT2D eigenvalue weighted by molar-refractivity contribution is 7.09. The monoisotopic (exact) mass is 262 g/mol. The van der Waals surface area contributed by atoms with Crippen molar-refractivity contribution >= 4 is 11.3 Å². The average molecular weight is 262 g/mol. The minimum atomic E-state index is 0.217. The smallest absolute Gasteiger partial charge is 0.115 e. The topological polar surface area (TPSA) is 50.7 Å². The maximum Gasteiger partial charge on any atom is 0.115 e. The molecule has 0 spiro atoms. The van der Waals surface area contributed by atoms with Crippen LogP contribution in [0.2, 0.25) is 0 Å². The number of nitrogens with zero attached hydrogens (tertiary/aromatic N) is 3. The van der Waals surface area contributed by atoms with E-state index in [1.165, 1.54) is 0 Å². The maximum absolute atomic E-state index is 4.52. The molecule has 0 aliphatic carbocycles. The summed E-state index contributed by atoms with van der Waals surface area (Å²) in [5.74, 6) is 0. The summed E-state index contributed by atoms with van der Waals surface area (Å²) in [5.41, 5.74) is 2.16. The van der Waals surface area contributed by atoms with Crippen molar-refractivity contribution in [1.82, 2.24) is 20.3 Å². The van der Waals surface area contributed by atoms with E-state index in [0.29, 0.717) is 0 Å². The Balaban J connectivity index is 2.10. The van der Waals surface area contributed by atoms with E-state index in [4.69, 9.17) is 0 Å². The Morgan fingerprint density at radius 3 is 2.94 bits per heavy atom. The molecule has 18 heavy (non-hydrogen) atoms. The van der Waals surface area contributed by atoms with E-state index in [0.717, 1.165) is 35.8 Å². The molecule has 1 N–H and O–H groups in total. The lowest BCUT2D eigenvalue weighted by Crippen LogP contribution is -2.25. The van der Waals surface area contributed by atoms with E-state index in [9.17, 15) is 0 Å². The van der Waals surface area contributed by atoms with E-state index in [1.807, 2.05) is 13.0 Å². The van der Waals surface area contributed by atoms with Gasteiger partial charge in [-0.3, -0.25) is 0 Å². The number of hydrogen-bond acceptors (Lipinski definition) is 5. The van der Waals surface area contributed by atoms with Gasteiger partial charge in [-0.15, -0.1) is 11.3 Å². The molecule has 0 bridgehead atoms. The number of aromatic nitrogens is 3. The Morgan fingerprint density at radius 1 is 1.44 bits per heavy atom. The fourth-order valence-electron chi connectivity index (χ4n) is 1.82. The van der Waals surface area contributed by atoms with Crippen LogP contribution in [-0.2, 0) is 6.42 Å². The van der Waals surface area contributed by atoms with Gasteiger partial charge in [0.1, 0.15) is 6.33 Å². The third-order valence-corrected chi connectivity index (χ3v) is 3.50. The van der Waals surface area contributed by atoms with Gasteiger partial charge in [-0.25, -0.2) is 15.0 Å². The summed E-state index contributed by atoms with van der Waals surface area (Å²) in [4.78, 5) is 12.8. The SMILES string of the molecule is CCCNC(Cc1csc(C)n1)c1ccncn1. The maximum atomic E-state index is 4.52. The molecule has 4 nitrogen and oxygen atoms in total. The van der Waals surface area contributed by atoms with E-state index in [2.05, 4.69) is 32.6 Å². The molecule has 0 fully saturated rings. The zero-order valence-electron chi connectivity index (χ0n) is 10.8. The molecular weight excluding hydrogens is 244 g/mol. The zero-order valence-corrected chi connectivity index (χ0v) is 11.6. The first-order chi connectivity index (χ1) is 8.79. The second-order valence-corrected chi connectivity index (χ2v) is 5.27. The molecule has 2 rings (SSSR count). The molecule has 2 aromatic heterocycles. The number of hydrogen-bond donors (Lipinski definition) is 1. The van der Waals surface area contributed by atoms with Crippen molar-refractivity contribution in [3.05, 3.63) is 40.4 Å². The summed E-state index contributed by atoms with van der Waals surface area (Å²) in [7, 11) is 0. The van der Waals surface area contributed by atoms with Crippen molar-refractivity contribution in [3.8, 4) is 0 Å². The Kier molecular flexibility index (Phi) is 4.78. The lowest BCUT2D eigenvalue weighted by molar-refractivity contribution is 0.513. The van der Waals surface area contributed by atoms with Gasteiger partial charge in [-0.2, -0.15) is 0 Å². The molecule has 0 amide bonds. The van der Waals surface area contributed by atoms with Crippen LogP contribution in [0.4, 0.5) is 0 Å². The first-order valence-electron chi connectivity index (χ1n) is 6.20. The Labute approximate surface area is 112 Å². The summed E-state index contributed by atoms with van der Waals surface area (Å²) in [5, 5.41) is 6.75. The average Bonchev–Trinajstić information content (AvgIpc) is 2.81. The van der Waals surface area contributed by atoms with Gasteiger partial charge >= 0.3 is 0 Å². The molecule has 0 aliphatic rings. The molecular formula is C13H18N4S. The normalized spacial score (nSPS) is 12.6. The van der Waals surface area contributed by atoms with Crippen molar-refractivity contribution < 1.29 is 0 Å². The third kappa shape index (κ3) is 3.58. The van der Waals surface area contributed by atoms with E-state index < -0.39 is 0 Å². The van der Waals surface area contributed by atoms with Crippen LogP contribution in [0.5, 0.6) is 0 Å². The van der Waals surface area contributed by atoms with Crippen molar-refractivity contribution in [2.75, 3.05) is 6.54 Å². The number of aryl methyl sites for hydroxylation is 1. The second-order valence-electron chi connectivity index (χ2n) is 4.20. The molecule has 1 atom stereocenters. The quantitative estimate of drug-likeness (QED) is 0.869. The van der Waals surface area contributed by atoms with Gasteiger partial charge in [0, 0.05) is 18.0 Å².